The number of nitrogens with zero attached hydrogens (tertiary/aromatic N) is 2. The van der Waals surface area contributed by atoms with Crippen LogP contribution in [0.25, 0.3) is 0 Å². The maximum Gasteiger partial charge on any atom is 0.193 e. The third kappa shape index (κ3) is 4.73. The predicted octanol–water partition coefficient (Wildman–Crippen LogP) is 3.21. The molecular weight excluding hydrogens is 228 g/mol. The molecule has 0 aromatic rings. The van der Waals surface area contributed by atoms with E-state index in [0.29, 0.717) is 0 Å². The molecule has 2 rings (SSSR count). The standard InChI is InChI=1S/C14H20N2O2/c1(3-9-15-13-7-5-11-17-13)2-4-10-16-14-8-6-12-18-14/h5-6,11-12H,1-4,7-10H2. The molecule has 0 bridgehead atoms. The van der Waals surface area contributed by atoms with E-state index in [2.05, 4.69) is 9.98 Å². The van der Waals surface area contributed by atoms with Crippen LogP contribution in [-0.4, -0.2) is 24.9 Å². The molecule has 2 aliphatic rings. The van der Waals surface area contributed by atoms with Gasteiger partial charge in [-0.05, 0) is 25.0 Å². The summed E-state index contributed by atoms with van der Waals surface area (Å²) in [5, 5.41) is 0. The lowest BCUT2D eigenvalue weighted by molar-refractivity contribution is 0.476. The monoisotopic (exact) mass is 248 g/mol. The molecule has 0 spiro atoms. The molecule has 0 atom stereocenters. The average Bonchev–Trinajstić information content (AvgIpc) is 3.05. The van der Waals surface area contributed by atoms with Crippen molar-refractivity contribution < 1.29 is 9.47 Å². The Morgan fingerprint density at radius 2 is 1.28 bits per heavy atom. The largest absolute Gasteiger partial charge is 0.451 e. The molecule has 0 saturated heterocycles. The Bertz CT molecular complexity index is 314. The molecule has 0 aromatic carbocycles. The molecule has 0 amide bonds. The van der Waals surface area contributed by atoms with Gasteiger partial charge in [0.25, 0.3) is 0 Å². The fourth-order valence-corrected chi connectivity index (χ4v) is 1.84. The van der Waals surface area contributed by atoms with Crippen LogP contribution in [0.3, 0.4) is 0 Å². The summed E-state index contributed by atoms with van der Waals surface area (Å²) in [4.78, 5) is 8.76. The van der Waals surface area contributed by atoms with Crippen molar-refractivity contribution in [1.82, 2.24) is 0 Å². The van der Waals surface area contributed by atoms with Gasteiger partial charge in [0, 0.05) is 25.9 Å². The summed E-state index contributed by atoms with van der Waals surface area (Å²) in [6.07, 6.45) is 13.7. The first kappa shape index (κ1) is 12.9. The number of rotatable bonds is 7. The van der Waals surface area contributed by atoms with Crippen molar-refractivity contribution in [2.24, 2.45) is 9.98 Å². The van der Waals surface area contributed by atoms with Gasteiger partial charge in [-0.1, -0.05) is 12.8 Å². The minimum Gasteiger partial charge on any atom is -0.451 e. The molecule has 0 saturated carbocycles. The Hall–Kier alpha value is -1.58. The number of aliphatic imine (C=N–C) groups is 2. The molecule has 0 aromatic heterocycles. The molecule has 18 heavy (non-hydrogen) atoms. The van der Waals surface area contributed by atoms with Crippen molar-refractivity contribution >= 4 is 11.8 Å². The highest BCUT2D eigenvalue weighted by Crippen LogP contribution is 2.06. The second-order valence-electron chi connectivity index (χ2n) is 4.35. The average molecular weight is 248 g/mol. The van der Waals surface area contributed by atoms with Gasteiger partial charge in [-0.25, -0.2) is 0 Å². The van der Waals surface area contributed by atoms with Crippen LogP contribution in [0.15, 0.2) is 34.7 Å². The number of unbranched alkanes of at least 4 members (excludes halogenated alkanes) is 3. The van der Waals surface area contributed by atoms with Crippen LogP contribution in [0, 0.1) is 0 Å². The zero-order chi connectivity index (χ0) is 12.5. The highest BCUT2D eigenvalue weighted by molar-refractivity contribution is 5.80. The topological polar surface area (TPSA) is 43.2 Å². The summed E-state index contributed by atoms with van der Waals surface area (Å²) in [5.41, 5.74) is 0. The minimum absolute atomic E-state index is 0.853. The van der Waals surface area contributed by atoms with E-state index in [1.54, 1.807) is 12.5 Å². The number of hydrogen-bond donors (Lipinski definition) is 0. The van der Waals surface area contributed by atoms with Crippen molar-refractivity contribution in [2.75, 3.05) is 13.1 Å². The molecule has 0 fully saturated rings. The van der Waals surface area contributed by atoms with Crippen LogP contribution in [-0.2, 0) is 9.47 Å². The lowest BCUT2D eigenvalue weighted by Gasteiger charge is -2.00. The van der Waals surface area contributed by atoms with E-state index in [-0.39, 0.29) is 0 Å². The first-order chi connectivity index (χ1) is 8.95. The minimum atomic E-state index is 0.853. The molecule has 0 N–H and O–H groups in total. The van der Waals surface area contributed by atoms with E-state index in [1.165, 1.54) is 12.8 Å². The van der Waals surface area contributed by atoms with Crippen molar-refractivity contribution in [2.45, 2.75) is 38.5 Å². The van der Waals surface area contributed by atoms with Gasteiger partial charge >= 0.3 is 0 Å². The van der Waals surface area contributed by atoms with Gasteiger partial charge in [-0.3, -0.25) is 9.98 Å². The van der Waals surface area contributed by atoms with Crippen LogP contribution in [0.4, 0.5) is 0 Å². The van der Waals surface area contributed by atoms with Crippen LogP contribution in [0.5, 0.6) is 0 Å². The number of hydrogen-bond acceptors (Lipinski definition) is 4. The van der Waals surface area contributed by atoms with Gasteiger partial charge in [0.1, 0.15) is 0 Å². The molecular formula is C14H20N2O2. The van der Waals surface area contributed by atoms with E-state index in [0.717, 1.165) is 50.6 Å². The second-order valence-corrected chi connectivity index (χ2v) is 4.35. The molecule has 2 heterocycles. The van der Waals surface area contributed by atoms with Gasteiger partial charge in [0.05, 0.1) is 12.5 Å². The summed E-state index contributed by atoms with van der Waals surface area (Å²) in [6, 6.07) is 0. The van der Waals surface area contributed by atoms with Crippen LogP contribution < -0.4 is 0 Å². The predicted molar refractivity (Wildman–Crippen MR) is 72.8 cm³/mol. The van der Waals surface area contributed by atoms with Crippen molar-refractivity contribution in [3.8, 4) is 0 Å². The van der Waals surface area contributed by atoms with Crippen LogP contribution in [0.1, 0.15) is 38.5 Å². The van der Waals surface area contributed by atoms with Gasteiger partial charge in [-0.15, -0.1) is 0 Å². The quantitative estimate of drug-likeness (QED) is 0.649. The van der Waals surface area contributed by atoms with E-state index in [1.807, 2.05) is 12.2 Å². The van der Waals surface area contributed by atoms with Crippen LogP contribution >= 0.6 is 0 Å². The molecule has 0 unspecified atom stereocenters. The molecule has 0 radical (unpaired) electrons. The van der Waals surface area contributed by atoms with E-state index < -0.39 is 0 Å². The van der Waals surface area contributed by atoms with Gasteiger partial charge in [0.15, 0.2) is 11.8 Å². The lowest BCUT2D eigenvalue weighted by atomic mass is 10.2. The second kappa shape index (κ2) is 7.69. The third-order valence-corrected chi connectivity index (χ3v) is 2.83. The zero-order valence-corrected chi connectivity index (χ0v) is 10.7. The number of ether oxygens (including phenoxy) is 2. The maximum atomic E-state index is 5.19. The summed E-state index contributed by atoms with van der Waals surface area (Å²) in [7, 11) is 0. The Morgan fingerprint density at radius 1 is 0.778 bits per heavy atom. The molecule has 0 aliphatic carbocycles. The summed E-state index contributed by atoms with van der Waals surface area (Å²) in [6.45, 7) is 1.75. The van der Waals surface area contributed by atoms with Crippen LogP contribution in [0.2, 0.25) is 0 Å². The smallest absolute Gasteiger partial charge is 0.193 e. The fraction of sp³-hybridized carbons (Fsp3) is 0.571. The maximum absolute atomic E-state index is 5.19. The van der Waals surface area contributed by atoms with E-state index in [9.17, 15) is 0 Å². The van der Waals surface area contributed by atoms with E-state index >= 15 is 0 Å². The normalized spacial score (nSPS) is 21.8. The molecule has 98 valence electrons. The fourth-order valence-electron chi connectivity index (χ4n) is 1.84. The Labute approximate surface area is 108 Å². The summed E-state index contributed by atoms with van der Waals surface area (Å²) < 4.78 is 10.4. The highest BCUT2D eigenvalue weighted by atomic mass is 16.5. The van der Waals surface area contributed by atoms with Gasteiger partial charge < -0.3 is 9.47 Å². The van der Waals surface area contributed by atoms with Crippen molar-refractivity contribution in [3.05, 3.63) is 24.7 Å². The first-order valence-corrected chi connectivity index (χ1v) is 6.65. The van der Waals surface area contributed by atoms with Crippen molar-refractivity contribution in [1.29, 1.82) is 0 Å². The summed E-state index contributed by atoms with van der Waals surface area (Å²) >= 11 is 0. The Morgan fingerprint density at radius 3 is 1.67 bits per heavy atom. The van der Waals surface area contributed by atoms with E-state index in [4.69, 9.17) is 9.47 Å². The first-order valence-electron chi connectivity index (χ1n) is 6.65. The Kier molecular flexibility index (Phi) is 5.50. The van der Waals surface area contributed by atoms with Crippen molar-refractivity contribution in [3.63, 3.8) is 0 Å². The molecule has 4 heteroatoms. The van der Waals surface area contributed by atoms with Gasteiger partial charge in [0.2, 0.25) is 0 Å². The zero-order valence-electron chi connectivity index (χ0n) is 10.7. The Balaban J connectivity index is 1.42. The summed E-state index contributed by atoms with van der Waals surface area (Å²) in [5.74, 6) is 1.71. The lowest BCUT2D eigenvalue weighted by Crippen LogP contribution is -1.96. The molecule has 2 aliphatic heterocycles. The molecule has 4 nitrogen and oxygen atoms in total. The highest BCUT2D eigenvalue weighted by Gasteiger charge is 2.02. The SMILES string of the molecule is C1=COC(=NCCCCCCN=C2CC=CO2)C1. The third-order valence-electron chi connectivity index (χ3n) is 2.83. The van der Waals surface area contributed by atoms with Gasteiger partial charge in [-0.2, -0.15) is 0 Å².